The van der Waals surface area contributed by atoms with E-state index < -0.39 is 5.60 Å². The van der Waals surface area contributed by atoms with Crippen LogP contribution in [0.3, 0.4) is 0 Å². The Bertz CT molecular complexity index is 627. The zero-order valence-electron chi connectivity index (χ0n) is 15.3. The van der Waals surface area contributed by atoms with Crippen LogP contribution < -0.4 is 5.32 Å². The van der Waals surface area contributed by atoms with E-state index in [-0.39, 0.29) is 24.1 Å². The van der Waals surface area contributed by atoms with Crippen molar-refractivity contribution in [3.63, 3.8) is 0 Å². The maximum atomic E-state index is 12.5. The molecule has 0 bridgehead atoms. The van der Waals surface area contributed by atoms with E-state index >= 15 is 0 Å². The highest BCUT2D eigenvalue weighted by Gasteiger charge is 2.38. The van der Waals surface area contributed by atoms with Gasteiger partial charge < -0.3 is 19.9 Å². The molecule has 0 unspecified atom stereocenters. The predicted octanol–water partition coefficient (Wildman–Crippen LogP) is 3.07. The third-order valence-corrected chi connectivity index (χ3v) is 4.98. The van der Waals surface area contributed by atoms with Crippen LogP contribution in [0.5, 0.6) is 0 Å². The predicted molar refractivity (Wildman–Crippen MR) is 100 cm³/mol. The van der Waals surface area contributed by atoms with Gasteiger partial charge in [0.05, 0.1) is 9.21 Å². The molecule has 1 N–H and O–H groups in total. The van der Waals surface area contributed by atoms with Gasteiger partial charge in [0.15, 0.2) is 0 Å². The Kier molecular flexibility index (Phi) is 6.35. The number of carbonyl (C=O) groups excluding carboxylic acids is 2. The van der Waals surface area contributed by atoms with Gasteiger partial charge in [0.1, 0.15) is 5.60 Å². The molecule has 6 nitrogen and oxygen atoms in total. The molecule has 1 aromatic rings. The second-order valence-corrected chi connectivity index (χ2v) is 9.27. The molecule has 0 radical (unpaired) electrons. The summed E-state index contributed by atoms with van der Waals surface area (Å²) in [6.07, 6.45) is 0.359. The number of ether oxygens (including phenoxy) is 1. The number of amides is 2. The first-order valence-corrected chi connectivity index (χ1v) is 9.45. The fraction of sp³-hybridized carbons (Fsp3) is 0.647. The number of carbonyl (C=O) groups is 2. The van der Waals surface area contributed by atoms with Crippen LogP contribution in [0.4, 0.5) is 4.79 Å². The van der Waals surface area contributed by atoms with E-state index in [0.717, 1.165) is 6.54 Å². The van der Waals surface area contributed by atoms with E-state index in [1.54, 1.807) is 17.0 Å². The van der Waals surface area contributed by atoms with Crippen LogP contribution in [0.2, 0.25) is 4.34 Å². The smallest absolute Gasteiger partial charge is 0.410 e. The molecular weight excluding hydrogens is 362 g/mol. The lowest BCUT2D eigenvalue weighted by Gasteiger charge is -2.29. The van der Waals surface area contributed by atoms with Gasteiger partial charge in [-0.05, 0) is 53.4 Å². The summed E-state index contributed by atoms with van der Waals surface area (Å²) < 4.78 is 6.10. The largest absolute Gasteiger partial charge is 0.444 e. The van der Waals surface area contributed by atoms with Crippen molar-refractivity contribution >= 4 is 34.9 Å². The van der Waals surface area contributed by atoms with Gasteiger partial charge >= 0.3 is 6.09 Å². The minimum atomic E-state index is -0.547. The van der Waals surface area contributed by atoms with E-state index in [1.807, 2.05) is 39.8 Å². The molecule has 2 atom stereocenters. The second kappa shape index (κ2) is 7.93. The molecule has 2 heterocycles. The number of halogens is 1. The zero-order chi connectivity index (χ0) is 18.8. The SMILES string of the molecule is CN(C)C[C@@H]1C[C@@H](NC(=O)c2ccc(Cl)s2)CN1C(=O)OC(C)(C)C. The summed E-state index contributed by atoms with van der Waals surface area (Å²) in [6.45, 7) is 6.71. The molecule has 2 amide bonds. The van der Waals surface area contributed by atoms with Crippen LogP contribution in [0.15, 0.2) is 12.1 Å². The number of thiophene rings is 1. The van der Waals surface area contributed by atoms with Crippen LogP contribution in [-0.2, 0) is 4.74 Å². The number of hydrogen-bond donors (Lipinski definition) is 1. The van der Waals surface area contributed by atoms with Gasteiger partial charge in [-0.15, -0.1) is 11.3 Å². The molecular formula is C17H26ClN3O3S. The fourth-order valence-corrected chi connectivity index (χ4v) is 3.80. The summed E-state index contributed by atoms with van der Waals surface area (Å²) in [4.78, 5) is 29.2. The van der Waals surface area contributed by atoms with Crippen molar-refractivity contribution in [3.05, 3.63) is 21.3 Å². The molecule has 0 saturated carbocycles. The highest BCUT2D eigenvalue weighted by atomic mass is 35.5. The van der Waals surface area contributed by atoms with E-state index in [4.69, 9.17) is 16.3 Å². The summed E-state index contributed by atoms with van der Waals surface area (Å²) in [6, 6.07) is 3.31. The first-order chi connectivity index (χ1) is 11.5. The Morgan fingerprint density at radius 1 is 1.40 bits per heavy atom. The third kappa shape index (κ3) is 5.87. The molecule has 1 aromatic heterocycles. The minimum Gasteiger partial charge on any atom is -0.444 e. The molecule has 2 rings (SSSR count). The van der Waals surface area contributed by atoms with Crippen LogP contribution in [-0.4, -0.2) is 66.7 Å². The lowest BCUT2D eigenvalue weighted by atomic mass is 10.1. The molecule has 8 heteroatoms. The fourth-order valence-electron chi connectivity index (χ4n) is 2.85. The Hall–Kier alpha value is -1.31. The average Bonchev–Trinajstić information content (AvgIpc) is 3.03. The molecule has 140 valence electrons. The normalized spacial score (nSPS) is 20.8. The molecule has 1 saturated heterocycles. The van der Waals surface area contributed by atoms with E-state index in [0.29, 0.717) is 22.2 Å². The van der Waals surface area contributed by atoms with Gasteiger partial charge in [0, 0.05) is 25.2 Å². The van der Waals surface area contributed by atoms with Gasteiger partial charge in [0.2, 0.25) is 0 Å². The Labute approximate surface area is 158 Å². The topological polar surface area (TPSA) is 61.9 Å². The summed E-state index contributed by atoms with van der Waals surface area (Å²) in [5, 5.41) is 3.00. The van der Waals surface area contributed by atoms with E-state index in [1.165, 1.54) is 11.3 Å². The van der Waals surface area contributed by atoms with Gasteiger partial charge in [-0.1, -0.05) is 11.6 Å². The monoisotopic (exact) mass is 387 g/mol. The first-order valence-electron chi connectivity index (χ1n) is 8.25. The Morgan fingerprint density at radius 3 is 2.60 bits per heavy atom. The summed E-state index contributed by atoms with van der Waals surface area (Å²) in [5.41, 5.74) is -0.547. The molecule has 1 aliphatic rings. The second-order valence-electron chi connectivity index (χ2n) is 7.56. The highest BCUT2D eigenvalue weighted by molar-refractivity contribution is 7.18. The Balaban J connectivity index is 2.04. The quantitative estimate of drug-likeness (QED) is 0.862. The van der Waals surface area contributed by atoms with Crippen molar-refractivity contribution in [1.29, 1.82) is 0 Å². The Morgan fingerprint density at radius 2 is 2.08 bits per heavy atom. The summed E-state index contributed by atoms with van der Waals surface area (Å²) in [7, 11) is 3.93. The van der Waals surface area contributed by atoms with Crippen molar-refractivity contribution in [2.24, 2.45) is 0 Å². The van der Waals surface area contributed by atoms with Crippen molar-refractivity contribution in [2.75, 3.05) is 27.2 Å². The first kappa shape index (κ1) is 20.0. The van der Waals surface area contributed by atoms with Crippen molar-refractivity contribution in [3.8, 4) is 0 Å². The number of nitrogens with zero attached hydrogens (tertiary/aromatic N) is 2. The zero-order valence-corrected chi connectivity index (χ0v) is 16.9. The standard InChI is InChI=1S/C17H26ClN3O3S/c1-17(2,3)24-16(23)21-9-11(8-12(21)10-20(4)5)19-15(22)13-6-7-14(18)25-13/h6-7,11-12H,8-10H2,1-5H3,(H,19,22)/t11-,12+/m1/s1. The maximum absolute atomic E-state index is 12.5. The number of hydrogen-bond acceptors (Lipinski definition) is 5. The van der Waals surface area contributed by atoms with E-state index in [2.05, 4.69) is 5.32 Å². The van der Waals surface area contributed by atoms with Gasteiger partial charge in [-0.25, -0.2) is 4.79 Å². The van der Waals surface area contributed by atoms with Crippen molar-refractivity contribution in [1.82, 2.24) is 15.1 Å². The van der Waals surface area contributed by atoms with Crippen LogP contribution >= 0.6 is 22.9 Å². The molecule has 0 aliphatic carbocycles. The van der Waals surface area contributed by atoms with Crippen LogP contribution in [0, 0.1) is 0 Å². The lowest BCUT2D eigenvalue weighted by Crippen LogP contribution is -2.44. The van der Waals surface area contributed by atoms with Crippen molar-refractivity contribution in [2.45, 2.75) is 44.9 Å². The van der Waals surface area contributed by atoms with Gasteiger partial charge in [-0.2, -0.15) is 0 Å². The molecule has 1 aliphatic heterocycles. The lowest BCUT2D eigenvalue weighted by molar-refractivity contribution is 0.0205. The molecule has 0 aromatic carbocycles. The van der Waals surface area contributed by atoms with Gasteiger partial charge in [0.25, 0.3) is 5.91 Å². The summed E-state index contributed by atoms with van der Waals surface area (Å²) in [5.74, 6) is -0.156. The number of likely N-dealkylation sites (N-methyl/N-ethyl adjacent to an activating group) is 1. The number of rotatable bonds is 4. The van der Waals surface area contributed by atoms with Gasteiger partial charge in [-0.3, -0.25) is 4.79 Å². The summed E-state index contributed by atoms with van der Waals surface area (Å²) >= 11 is 7.14. The minimum absolute atomic E-state index is 0.00192. The molecule has 0 spiro atoms. The third-order valence-electron chi connectivity index (χ3n) is 3.75. The number of likely N-dealkylation sites (tertiary alicyclic amines) is 1. The molecule has 25 heavy (non-hydrogen) atoms. The number of nitrogens with one attached hydrogen (secondary N) is 1. The average molecular weight is 388 g/mol. The van der Waals surface area contributed by atoms with Crippen LogP contribution in [0.25, 0.3) is 0 Å². The molecule has 1 fully saturated rings. The maximum Gasteiger partial charge on any atom is 0.410 e. The van der Waals surface area contributed by atoms with Crippen LogP contribution in [0.1, 0.15) is 36.9 Å². The van der Waals surface area contributed by atoms with Crippen molar-refractivity contribution < 1.29 is 14.3 Å². The van der Waals surface area contributed by atoms with E-state index in [9.17, 15) is 9.59 Å². The highest BCUT2D eigenvalue weighted by Crippen LogP contribution is 2.24.